The van der Waals surface area contributed by atoms with Crippen LogP contribution in [0.1, 0.15) is 28.5 Å². The number of aromatic nitrogens is 1. The van der Waals surface area contributed by atoms with Crippen molar-refractivity contribution in [1.29, 1.82) is 5.26 Å². The molecule has 13 heavy (non-hydrogen) atoms. The topological polar surface area (TPSA) is 91.8 Å². The molecule has 0 aliphatic carbocycles. The first kappa shape index (κ1) is 9.64. The number of hydrogen-bond donors (Lipinski definition) is 2. The van der Waals surface area contributed by atoms with Crippen LogP contribution in [0.5, 0.6) is 0 Å². The van der Waals surface area contributed by atoms with Crippen molar-refractivity contribution >= 4 is 17.2 Å². The van der Waals surface area contributed by atoms with Crippen molar-refractivity contribution in [2.45, 2.75) is 13.0 Å². The van der Waals surface area contributed by atoms with E-state index in [2.05, 4.69) is 4.98 Å². The highest BCUT2D eigenvalue weighted by atomic mass is 32.1. The molecular formula is C7H8N4OS. The van der Waals surface area contributed by atoms with Crippen molar-refractivity contribution < 1.29 is 4.79 Å². The van der Waals surface area contributed by atoms with Gasteiger partial charge < -0.3 is 5.73 Å². The van der Waals surface area contributed by atoms with E-state index in [-0.39, 0.29) is 11.7 Å². The van der Waals surface area contributed by atoms with Crippen molar-refractivity contribution in [2.24, 2.45) is 5.73 Å². The molecule has 3 N–H and O–H groups in total. The Kier molecular flexibility index (Phi) is 2.95. The molecule has 0 radical (unpaired) electrons. The van der Waals surface area contributed by atoms with Gasteiger partial charge >= 0.3 is 0 Å². The maximum Gasteiger partial charge on any atom is 0.283 e. The van der Waals surface area contributed by atoms with Crippen LogP contribution in [0.4, 0.5) is 0 Å². The molecule has 0 aliphatic heterocycles. The fourth-order valence-corrected chi connectivity index (χ4v) is 1.47. The van der Waals surface area contributed by atoms with E-state index in [1.807, 2.05) is 5.32 Å². The van der Waals surface area contributed by atoms with Gasteiger partial charge in [0, 0.05) is 5.38 Å². The zero-order valence-electron chi connectivity index (χ0n) is 6.94. The number of hydrogen-bond acceptors (Lipinski definition) is 5. The minimum atomic E-state index is -0.495. The van der Waals surface area contributed by atoms with Crippen LogP contribution in [-0.4, -0.2) is 10.9 Å². The Morgan fingerprint density at radius 1 is 1.92 bits per heavy atom. The van der Waals surface area contributed by atoms with E-state index in [1.165, 1.54) is 17.5 Å². The summed E-state index contributed by atoms with van der Waals surface area (Å²) in [5, 5.41) is 12.4. The van der Waals surface area contributed by atoms with Crippen LogP contribution < -0.4 is 11.1 Å². The summed E-state index contributed by atoms with van der Waals surface area (Å²) in [6.45, 7) is 1.78. The van der Waals surface area contributed by atoms with E-state index >= 15 is 0 Å². The van der Waals surface area contributed by atoms with E-state index in [1.54, 1.807) is 12.3 Å². The monoisotopic (exact) mass is 196 g/mol. The lowest BCUT2D eigenvalue weighted by Gasteiger charge is -1.96. The Hall–Kier alpha value is -1.45. The number of rotatable bonds is 2. The minimum absolute atomic E-state index is 0.186. The Morgan fingerprint density at radius 2 is 2.62 bits per heavy atom. The number of carbonyl (C=O) groups is 1. The third-order valence-corrected chi connectivity index (χ3v) is 2.36. The normalized spacial score (nSPS) is 11.8. The van der Waals surface area contributed by atoms with Gasteiger partial charge in [-0.3, -0.25) is 10.1 Å². The van der Waals surface area contributed by atoms with Crippen LogP contribution >= 0.6 is 11.3 Å². The Bertz CT molecular complexity index is 352. The molecule has 5 nitrogen and oxygen atoms in total. The fraction of sp³-hybridized carbons (Fsp3) is 0.286. The minimum Gasteiger partial charge on any atom is -0.322 e. The average Bonchev–Trinajstić information content (AvgIpc) is 2.52. The van der Waals surface area contributed by atoms with Gasteiger partial charge in [0.2, 0.25) is 0 Å². The zero-order valence-corrected chi connectivity index (χ0v) is 7.76. The molecule has 1 amide bonds. The average molecular weight is 196 g/mol. The number of nitrogens with two attached hydrogens (primary N) is 1. The van der Waals surface area contributed by atoms with Gasteiger partial charge in [0.15, 0.2) is 6.19 Å². The molecule has 0 saturated heterocycles. The lowest BCUT2D eigenvalue weighted by atomic mass is 10.4. The predicted octanol–water partition coefficient (Wildman–Crippen LogP) is 0.374. The first-order chi connectivity index (χ1) is 6.15. The lowest BCUT2D eigenvalue weighted by Crippen LogP contribution is -2.18. The molecule has 1 unspecified atom stereocenters. The van der Waals surface area contributed by atoms with Crippen LogP contribution in [0.2, 0.25) is 0 Å². The van der Waals surface area contributed by atoms with E-state index in [0.717, 1.165) is 0 Å². The number of nitriles is 1. The van der Waals surface area contributed by atoms with E-state index < -0.39 is 5.91 Å². The van der Waals surface area contributed by atoms with E-state index in [9.17, 15) is 4.79 Å². The van der Waals surface area contributed by atoms with Crippen LogP contribution in [0.3, 0.4) is 0 Å². The maximum absolute atomic E-state index is 11.1. The third kappa shape index (κ3) is 2.24. The molecule has 0 bridgehead atoms. The van der Waals surface area contributed by atoms with Gasteiger partial charge in [0.25, 0.3) is 5.91 Å². The summed E-state index contributed by atoms with van der Waals surface area (Å²) >= 11 is 1.31. The highest BCUT2D eigenvalue weighted by Gasteiger charge is 2.11. The molecule has 0 fully saturated rings. The van der Waals surface area contributed by atoms with Gasteiger partial charge in [-0.25, -0.2) is 4.98 Å². The Balaban J connectivity index is 2.81. The zero-order chi connectivity index (χ0) is 9.84. The highest BCUT2D eigenvalue weighted by Crippen LogP contribution is 2.15. The lowest BCUT2D eigenvalue weighted by molar-refractivity contribution is 0.0968. The van der Waals surface area contributed by atoms with Crippen LogP contribution in [0.25, 0.3) is 0 Å². The quantitative estimate of drug-likeness (QED) is 0.528. The molecule has 0 saturated carbocycles. The number of nitrogens with zero attached hydrogens (tertiary/aromatic N) is 2. The van der Waals surface area contributed by atoms with Crippen molar-refractivity contribution in [1.82, 2.24) is 10.3 Å². The van der Waals surface area contributed by atoms with Crippen molar-refractivity contribution in [3.8, 4) is 6.19 Å². The van der Waals surface area contributed by atoms with Gasteiger partial charge in [-0.1, -0.05) is 0 Å². The molecule has 0 spiro atoms. The molecule has 1 aromatic rings. The maximum atomic E-state index is 11.1. The van der Waals surface area contributed by atoms with Gasteiger partial charge in [-0.05, 0) is 6.92 Å². The molecular weight excluding hydrogens is 188 g/mol. The standard InChI is InChI=1S/C7H8N4OS/c1-4(9)7-11-5(2-13-7)6(12)10-3-8/h2,4H,9H2,1H3,(H,10,12). The van der Waals surface area contributed by atoms with Crippen LogP contribution in [0, 0.1) is 11.5 Å². The summed E-state index contributed by atoms with van der Waals surface area (Å²) < 4.78 is 0. The van der Waals surface area contributed by atoms with E-state index in [0.29, 0.717) is 5.01 Å². The largest absolute Gasteiger partial charge is 0.322 e. The second-order valence-corrected chi connectivity index (χ2v) is 3.32. The Labute approximate surface area is 79.2 Å². The summed E-state index contributed by atoms with van der Waals surface area (Å²) in [7, 11) is 0. The first-order valence-corrected chi connectivity index (χ1v) is 4.43. The van der Waals surface area contributed by atoms with Crippen molar-refractivity contribution in [3.63, 3.8) is 0 Å². The second kappa shape index (κ2) is 3.98. The molecule has 1 aromatic heterocycles. The highest BCUT2D eigenvalue weighted by molar-refractivity contribution is 7.09. The Morgan fingerprint density at radius 3 is 3.08 bits per heavy atom. The second-order valence-electron chi connectivity index (χ2n) is 2.43. The number of nitrogens with one attached hydrogen (secondary N) is 1. The van der Waals surface area contributed by atoms with Gasteiger partial charge in [-0.15, -0.1) is 11.3 Å². The summed E-state index contributed by atoms with van der Waals surface area (Å²) in [6.07, 6.45) is 1.54. The van der Waals surface area contributed by atoms with Crippen LogP contribution in [0.15, 0.2) is 5.38 Å². The molecule has 68 valence electrons. The SMILES string of the molecule is CC(N)c1nc(C(=O)NC#N)cs1. The van der Waals surface area contributed by atoms with Crippen molar-refractivity contribution in [3.05, 3.63) is 16.1 Å². The summed E-state index contributed by atoms with van der Waals surface area (Å²) in [4.78, 5) is 15.0. The van der Waals surface area contributed by atoms with Gasteiger partial charge in [-0.2, -0.15) is 5.26 Å². The fourth-order valence-electron chi connectivity index (χ4n) is 0.716. The number of amides is 1. The third-order valence-electron chi connectivity index (χ3n) is 1.31. The van der Waals surface area contributed by atoms with Gasteiger partial charge in [0.05, 0.1) is 6.04 Å². The van der Waals surface area contributed by atoms with E-state index in [4.69, 9.17) is 11.0 Å². The summed E-state index contributed by atoms with van der Waals surface area (Å²) in [6, 6.07) is -0.186. The molecule has 0 aliphatic rings. The molecule has 6 heteroatoms. The number of carbonyl (C=O) groups excluding carboxylic acids is 1. The van der Waals surface area contributed by atoms with Crippen LogP contribution in [-0.2, 0) is 0 Å². The molecule has 1 atom stereocenters. The smallest absolute Gasteiger partial charge is 0.283 e. The molecule has 1 heterocycles. The summed E-state index contributed by atoms with van der Waals surface area (Å²) in [5.74, 6) is -0.495. The van der Waals surface area contributed by atoms with Gasteiger partial charge in [0.1, 0.15) is 10.7 Å². The summed E-state index contributed by atoms with van der Waals surface area (Å²) in [5.41, 5.74) is 5.79. The molecule has 1 rings (SSSR count). The first-order valence-electron chi connectivity index (χ1n) is 3.55. The number of thiazole rings is 1. The predicted molar refractivity (Wildman–Crippen MR) is 47.8 cm³/mol. The molecule has 0 aromatic carbocycles. The van der Waals surface area contributed by atoms with Crippen molar-refractivity contribution in [2.75, 3.05) is 0 Å².